The van der Waals surface area contributed by atoms with Crippen LogP contribution in [0.15, 0.2) is 12.1 Å². The second kappa shape index (κ2) is 5.72. The number of nitrogens with one attached hydrogen (secondary N) is 1. The summed E-state index contributed by atoms with van der Waals surface area (Å²) in [5.41, 5.74) is 4.79. The monoisotopic (exact) mass is 314 g/mol. The summed E-state index contributed by atoms with van der Waals surface area (Å²) in [5, 5.41) is 10.3. The molecule has 122 valence electrons. The minimum absolute atomic E-state index is 0.0956. The fourth-order valence-corrected chi connectivity index (χ4v) is 3.52. The van der Waals surface area contributed by atoms with Gasteiger partial charge in [-0.1, -0.05) is 11.6 Å². The highest BCUT2D eigenvalue weighted by molar-refractivity contribution is 6.02. The molecule has 1 aliphatic heterocycles. The molecule has 2 N–H and O–H groups in total. The standard InChI is InChI=1S/C18H22N2O3/c1-10-7-11(2)15-14(8-10)12(3)16(19-15)17(21)20-6-4-5-13(9-20)18(22)23/h7-8,13,19H,4-6,9H2,1-3H3,(H,22,23)/t13-/m1/s1. The second-order valence-corrected chi connectivity index (χ2v) is 6.56. The normalized spacial score (nSPS) is 18.4. The third-order valence-electron chi connectivity index (χ3n) is 4.78. The average Bonchev–Trinajstić information content (AvgIpc) is 2.84. The van der Waals surface area contributed by atoms with Crippen LogP contribution in [0.1, 0.15) is 40.0 Å². The molecule has 5 nitrogen and oxygen atoms in total. The number of hydrogen-bond acceptors (Lipinski definition) is 2. The zero-order chi connectivity index (χ0) is 16.7. The number of piperidine rings is 1. The maximum atomic E-state index is 12.9. The van der Waals surface area contributed by atoms with Gasteiger partial charge in [0, 0.05) is 24.0 Å². The predicted molar refractivity (Wildman–Crippen MR) is 88.8 cm³/mol. The summed E-state index contributed by atoms with van der Waals surface area (Å²) in [6.07, 6.45) is 1.38. The van der Waals surface area contributed by atoms with Gasteiger partial charge in [0.1, 0.15) is 5.69 Å². The van der Waals surface area contributed by atoms with Crippen molar-refractivity contribution in [2.75, 3.05) is 13.1 Å². The number of rotatable bonds is 2. The number of aliphatic carboxylic acids is 1. The lowest BCUT2D eigenvalue weighted by Gasteiger charge is -2.30. The molecule has 1 saturated heterocycles. The maximum absolute atomic E-state index is 12.9. The van der Waals surface area contributed by atoms with Gasteiger partial charge >= 0.3 is 5.97 Å². The number of aromatic amines is 1. The fourth-order valence-electron chi connectivity index (χ4n) is 3.52. The van der Waals surface area contributed by atoms with Crippen LogP contribution in [0.3, 0.4) is 0 Å². The minimum atomic E-state index is -0.817. The first-order chi connectivity index (χ1) is 10.9. The number of hydrogen-bond donors (Lipinski definition) is 2. The minimum Gasteiger partial charge on any atom is -0.481 e. The quantitative estimate of drug-likeness (QED) is 0.895. The van der Waals surface area contributed by atoms with Gasteiger partial charge in [-0.15, -0.1) is 0 Å². The van der Waals surface area contributed by atoms with E-state index in [0.29, 0.717) is 25.2 Å². The SMILES string of the molecule is Cc1cc(C)c2[nH]c(C(=O)N3CCC[C@@H](C(=O)O)C3)c(C)c2c1. The highest BCUT2D eigenvalue weighted by Gasteiger charge is 2.30. The van der Waals surface area contributed by atoms with Gasteiger partial charge in [-0.3, -0.25) is 9.59 Å². The Kier molecular flexibility index (Phi) is 3.88. The summed E-state index contributed by atoms with van der Waals surface area (Å²) in [6, 6.07) is 4.18. The highest BCUT2D eigenvalue weighted by atomic mass is 16.4. The van der Waals surface area contributed by atoms with Crippen LogP contribution in [-0.2, 0) is 4.79 Å². The number of likely N-dealkylation sites (tertiary alicyclic amines) is 1. The molecule has 1 amide bonds. The zero-order valence-electron chi connectivity index (χ0n) is 13.8. The summed E-state index contributed by atoms with van der Waals surface area (Å²) in [4.78, 5) is 29.0. The lowest BCUT2D eigenvalue weighted by atomic mass is 9.98. The van der Waals surface area contributed by atoms with Crippen LogP contribution in [0.2, 0.25) is 0 Å². The Morgan fingerprint density at radius 2 is 2.00 bits per heavy atom. The van der Waals surface area contributed by atoms with Crippen molar-refractivity contribution < 1.29 is 14.7 Å². The zero-order valence-corrected chi connectivity index (χ0v) is 13.8. The molecule has 0 bridgehead atoms. The van der Waals surface area contributed by atoms with Crippen molar-refractivity contribution >= 4 is 22.8 Å². The largest absolute Gasteiger partial charge is 0.481 e. The molecule has 1 fully saturated rings. The highest BCUT2D eigenvalue weighted by Crippen LogP contribution is 2.28. The van der Waals surface area contributed by atoms with Gasteiger partial charge in [0.05, 0.1) is 5.92 Å². The molecule has 0 spiro atoms. The first-order valence-corrected chi connectivity index (χ1v) is 8.00. The third kappa shape index (κ3) is 2.71. The lowest BCUT2D eigenvalue weighted by molar-refractivity contribution is -0.143. The first-order valence-electron chi connectivity index (χ1n) is 8.00. The third-order valence-corrected chi connectivity index (χ3v) is 4.78. The molecule has 1 atom stereocenters. The van der Waals surface area contributed by atoms with E-state index in [1.807, 2.05) is 20.8 Å². The van der Waals surface area contributed by atoms with E-state index in [9.17, 15) is 14.7 Å². The molecule has 23 heavy (non-hydrogen) atoms. The summed E-state index contributed by atoms with van der Waals surface area (Å²) in [6.45, 7) is 6.93. The van der Waals surface area contributed by atoms with Crippen LogP contribution < -0.4 is 0 Å². The predicted octanol–water partition coefficient (Wildman–Crippen LogP) is 3.03. The Morgan fingerprint density at radius 3 is 2.70 bits per heavy atom. The van der Waals surface area contributed by atoms with Crippen LogP contribution in [-0.4, -0.2) is 40.0 Å². The van der Waals surface area contributed by atoms with Crippen LogP contribution >= 0.6 is 0 Å². The van der Waals surface area contributed by atoms with Crippen LogP contribution in [0, 0.1) is 26.7 Å². The summed E-state index contributed by atoms with van der Waals surface area (Å²) in [5.74, 6) is -1.37. The van der Waals surface area contributed by atoms with Crippen molar-refractivity contribution in [3.63, 3.8) is 0 Å². The molecule has 1 aliphatic rings. The van der Waals surface area contributed by atoms with E-state index in [4.69, 9.17) is 0 Å². The van der Waals surface area contributed by atoms with Gasteiger partial charge in [0.25, 0.3) is 5.91 Å². The van der Waals surface area contributed by atoms with Crippen molar-refractivity contribution in [1.29, 1.82) is 0 Å². The molecule has 0 aliphatic carbocycles. The molecule has 1 aromatic heterocycles. The average molecular weight is 314 g/mol. The fraction of sp³-hybridized carbons (Fsp3) is 0.444. The van der Waals surface area contributed by atoms with Crippen molar-refractivity contribution in [1.82, 2.24) is 9.88 Å². The molecule has 5 heteroatoms. The number of H-pyrrole nitrogens is 1. The van der Waals surface area contributed by atoms with Gasteiger partial charge in [-0.05, 0) is 50.8 Å². The van der Waals surface area contributed by atoms with Crippen molar-refractivity contribution in [2.45, 2.75) is 33.6 Å². The molecule has 0 unspecified atom stereocenters. The number of aromatic nitrogens is 1. The van der Waals surface area contributed by atoms with Crippen LogP contribution in [0.25, 0.3) is 10.9 Å². The van der Waals surface area contributed by atoms with Gasteiger partial charge in [-0.25, -0.2) is 0 Å². The summed E-state index contributed by atoms with van der Waals surface area (Å²) < 4.78 is 0. The Labute approximate surface area is 135 Å². The number of carbonyl (C=O) groups is 2. The second-order valence-electron chi connectivity index (χ2n) is 6.56. The van der Waals surface area contributed by atoms with Gasteiger partial charge in [-0.2, -0.15) is 0 Å². The molecule has 1 aromatic carbocycles. The molecule has 0 saturated carbocycles. The Balaban J connectivity index is 1.96. The van der Waals surface area contributed by atoms with E-state index in [0.717, 1.165) is 28.5 Å². The van der Waals surface area contributed by atoms with E-state index >= 15 is 0 Å². The van der Waals surface area contributed by atoms with Gasteiger partial charge in [0.2, 0.25) is 0 Å². The van der Waals surface area contributed by atoms with Crippen molar-refractivity contribution in [3.8, 4) is 0 Å². The maximum Gasteiger partial charge on any atom is 0.308 e. The number of carboxylic acid groups (broad SMARTS) is 1. The molecule has 2 aromatic rings. The van der Waals surface area contributed by atoms with Gasteiger partial charge in [0.15, 0.2) is 0 Å². The van der Waals surface area contributed by atoms with Gasteiger partial charge < -0.3 is 15.0 Å². The smallest absolute Gasteiger partial charge is 0.308 e. The Morgan fingerprint density at radius 1 is 1.26 bits per heavy atom. The van der Waals surface area contributed by atoms with E-state index in [1.165, 1.54) is 5.56 Å². The van der Waals surface area contributed by atoms with Crippen molar-refractivity contribution in [3.05, 3.63) is 34.5 Å². The lowest BCUT2D eigenvalue weighted by Crippen LogP contribution is -2.42. The number of carbonyl (C=O) groups excluding carboxylic acids is 1. The molecule has 0 radical (unpaired) electrons. The number of amides is 1. The van der Waals surface area contributed by atoms with Crippen LogP contribution in [0.4, 0.5) is 0 Å². The van der Waals surface area contributed by atoms with E-state index < -0.39 is 11.9 Å². The number of fused-ring (bicyclic) bond motifs is 1. The number of benzene rings is 1. The Hall–Kier alpha value is -2.30. The summed E-state index contributed by atoms with van der Waals surface area (Å²) in [7, 11) is 0. The number of nitrogens with zero attached hydrogens (tertiary/aromatic N) is 1. The molecule has 2 heterocycles. The number of aryl methyl sites for hydroxylation is 3. The van der Waals surface area contributed by atoms with E-state index in [-0.39, 0.29) is 5.91 Å². The molecular weight excluding hydrogens is 292 g/mol. The Bertz CT molecular complexity index is 791. The van der Waals surface area contributed by atoms with E-state index in [2.05, 4.69) is 17.1 Å². The topological polar surface area (TPSA) is 73.4 Å². The first kappa shape index (κ1) is 15.6. The summed E-state index contributed by atoms with van der Waals surface area (Å²) >= 11 is 0. The number of carboxylic acids is 1. The van der Waals surface area contributed by atoms with Crippen molar-refractivity contribution in [2.24, 2.45) is 5.92 Å². The van der Waals surface area contributed by atoms with Crippen LogP contribution in [0.5, 0.6) is 0 Å². The van der Waals surface area contributed by atoms with E-state index in [1.54, 1.807) is 4.90 Å². The molecular formula is C18H22N2O3. The molecule has 3 rings (SSSR count).